The topological polar surface area (TPSA) is 323 Å². The van der Waals surface area contributed by atoms with Crippen molar-refractivity contribution in [2.75, 3.05) is 68.1 Å². The Bertz CT molecular complexity index is 3060. The van der Waals surface area contributed by atoms with Gasteiger partial charge in [0.05, 0.1) is 42.5 Å². The van der Waals surface area contributed by atoms with Crippen LogP contribution in [0.15, 0.2) is 96.2 Å². The van der Waals surface area contributed by atoms with Crippen molar-refractivity contribution in [1.82, 2.24) is 39.5 Å². The second-order valence-corrected chi connectivity index (χ2v) is 19.0. The summed E-state index contributed by atoms with van der Waals surface area (Å²) in [5, 5.41) is 18.5. The molecule has 406 valence electrons. The molecule has 0 aliphatic carbocycles. The second kappa shape index (κ2) is 28.8. The van der Waals surface area contributed by atoms with E-state index in [1.807, 2.05) is 58.0 Å². The maximum absolute atomic E-state index is 12.5. The number of nitrogen functional groups attached to an aromatic ring is 1. The van der Waals surface area contributed by atoms with E-state index >= 15 is 0 Å². The minimum atomic E-state index is -4.46. The summed E-state index contributed by atoms with van der Waals surface area (Å²) in [4.78, 5) is 71.4. The van der Waals surface area contributed by atoms with Gasteiger partial charge in [0.15, 0.2) is 9.86 Å². The van der Waals surface area contributed by atoms with E-state index in [2.05, 4.69) is 45.9 Å². The molecule has 3 aromatic carbocycles. The number of benzene rings is 3. The van der Waals surface area contributed by atoms with Gasteiger partial charge in [0.2, 0.25) is 34.9 Å². The van der Waals surface area contributed by atoms with Crippen LogP contribution >= 0.6 is 46.4 Å². The van der Waals surface area contributed by atoms with Gasteiger partial charge in [0.1, 0.15) is 34.6 Å². The predicted molar refractivity (Wildman–Crippen MR) is 288 cm³/mol. The van der Waals surface area contributed by atoms with Crippen LogP contribution in [0.4, 0.5) is 39.7 Å². The highest BCUT2D eigenvalue weighted by Crippen LogP contribution is 2.39. The summed E-state index contributed by atoms with van der Waals surface area (Å²) in [6, 6.07) is 22.1. The molecule has 1 atom stereocenters. The number of methoxy groups -OCH3 is 2. The van der Waals surface area contributed by atoms with Crippen LogP contribution in [0.3, 0.4) is 0 Å². The van der Waals surface area contributed by atoms with Crippen molar-refractivity contribution in [3.8, 4) is 29.0 Å². The number of aromatic nitrogens is 6. The van der Waals surface area contributed by atoms with Gasteiger partial charge in [0.25, 0.3) is 27.5 Å². The van der Waals surface area contributed by atoms with Crippen LogP contribution in [0.1, 0.15) is 38.1 Å². The molecule has 3 aromatic heterocycles. The first-order valence-electron chi connectivity index (χ1n) is 22.2. The summed E-state index contributed by atoms with van der Waals surface area (Å²) in [6.07, 6.45) is 1.19. The predicted octanol–water partition coefficient (Wildman–Crippen LogP) is 8.11. The number of nitrogens with two attached hydrogens (primary N) is 1. The maximum atomic E-state index is 12.5. The molecule has 0 spiro atoms. The SMILES string of the molecule is CC1COc2ccccc2N1C(=O)C(Cl)Cl.CCNc1nc(Cl)nc(NC(C)C)n1.COc1cc(OC)nc(NC(=O)NS(=O)(=O)c2ncccc2C(=O)N(C)C)n1.Nc1c([N+](=O)[O-])ccc(Oc2ccccc2)c1Cl. The van der Waals surface area contributed by atoms with Gasteiger partial charge in [0, 0.05) is 38.9 Å². The van der Waals surface area contributed by atoms with Gasteiger partial charge in [-0.2, -0.15) is 33.3 Å². The molecule has 25 nitrogen and oxygen atoms in total. The molecule has 6 aromatic rings. The Balaban J connectivity index is 0.000000228. The first-order chi connectivity index (χ1) is 36.0. The molecule has 7 rings (SSSR count). The Hall–Kier alpha value is -7.78. The van der Waals surface area contributed by atoms with Crippen LogP contribution in [-0.4, -0.2) is 124 Å². The van der Waals surface area contributed by atoms with E-state index < -0.39 is 36.7 Å². The van der Waals surface area contributed by atoms with E-state index in [0.29, 0.717) is 30.0 Å². The van der Waals surface area contributed by atoms with Crippen molar-refractivity contribution in [2.24, 2.45) is 0 Å². The number of anilines is 5. The summed E-state index contributed by atoms with van der Waals surface area (Å²) in [7, 11) is 1.15. The van der Waals surface area contributed by atoms with Gasteiger partial charge in [-0.05, 0) is 81.8 Å². The molecule has 4 amide bonds. The lowest BCUT2D eigenvalue weighted by molar-refractivity contribution is -0.383. The molecule has 6 N–H and O–H groups in total. The zero-order valence-electron chi connectivity index (χ0n) is 41.8. The number of para-hydroxylation sites is 3. The average molecular weight is 1150 g/mol. The molecule has 76 heavy (non-hydrogen) atoms. The lowest BCUT2D eigenvalue weighted by Crippen LogP contribution is -2.47. The number of carbonyl (C=O) groups is 3. The Kier molecular flexibility index (Phi) is 23.0. The lowest BCUT2D eigenvalue weighted by Gasteiger charge is -2.35. The summed E-state index contributed by atoms with van der Waals surface area (Å²) in [5.74, 6) is 1.56. The highest BCUT2D eigenvalue weighted by Gasteiger charge is 2.32. The van der Waals surface area contributed by atoms with Gasteiger partial charge in [-0.1, -0.05) is 65.1 Å². The van der Waals surface area contributed by atoms with Gasteiger partial charge in [-0.25, -0.2) is 14.5 Å². The Morgan fingerprint density at radius 2 is 1.54 bits per heavy atom. The third-order valence-electron chi connectivity index (χ3n) is 9.33. The number of alkyl halides is 2. The number of nitro groups is 1. The number of fused-ring (bicyclic) bond motifs is 1. The van der Waals surface area contributed by atoms with Crippen molar-refractivity contribution in [3.63, 3.8) is 0 Å². The van der Waals surface area contributed by atoms with E-state index in [1.165, 1.54) is 69.7 Å². The number of nitrogens with one attached hydrogen (secondary N) is 4. The molecule has 0 radical (unpaired) electrons. The monoisotopic (exact) mass is 1150 g/mol. The number of rotatable bonds is 14. The third-order valence-corrected chi connectivity index (χ3v) is 11.6. The number of hydrogen-bond donors (Lipinski definition) is 5. The van der Waals surface area contributed by atoms with E-state index in [0.717, 1.165) is 12.2 Å². The van der Waals surface area contributed by atoms with E-state index in [1.54, 1.807) is 33.9 Å². The largest absolute Gasteiger partial charge is 0.489 e. The molecular formula is C46H52Cl4N14O11S. The Morgan fingerprint density at radius 3 is 2.13 bits per heavy atom. The third kappa shape index (κ3) is 17.7. The molecule has 0 saturated heterocycles. The van der Waals surface area contributed by atoms with Gasteiger partial charge >= 0.3 is 6.03 Å². The highest BCUT2D eigenvalue weighted by molar-refractivity contribution is 7.90. The number of nitro benzene ring substituents is 1. The molecule has 4 heterocycles. The average Bonchev–Trinajstić information content (AvgIpc) is 3.37. The van der Waals surface area contributed by atoms with Crippen molar-refractivity contribution in [2.45, 2.75) is 49.6 Å². The number of sulfonamides is 1. The van der Waals surface area contributed by atoms with Crippen LogP contribution in [0.25, 0.3) is 0 Å². The van der Waals surface area contributed by atoms with Crippen LogP contribution in [0, 0.1) is 10.1 Å². The van der Waals surface area contributed by atoms with Crippen LogP contribution in [0.2, 0.25) is 10.3 Å². The summed E-state index contributed by atoms with van der Waals surface area (Å²) in [6.45, 7) is 9.07. The normalized spacial score (nSPS) is 12.3. The number of pyridine rings is 1. The number of nitrogens with zero attached hydrogens (tertiary/aromatic N) is 9. The summed E-state index contributed by atoms with van der Waals surface area (Å²) in [5.41, 5.74) is 5.78. The fourth-order valence-corrected chi connectivity index (χ4v) is 7.65. The fourth-order valence-electron chi connectivity index (χ4n) is 6.04. The lowest BCUT2D eigenvalue weighted by atomic mass is 10.1. The van der Waals surface area contributed by atoms with Crippen molar-refractivity contribution >= 4 is 109 Å². The van der Waals surface area contributed by atoms with E-state index in [-0.39, 0.29) is 68.7 Å². The van der Waals surface area contributed by atoms with Crippen molar-refractivity contribution < 1.29 is 46.7 Å². The molecular weight excluding hydrogens is 1100 g/mol. The zero-order chi connectivity index (χ0) is 56.3. The molecule has 0 fully saturated rings. The van der Waals surface area contributed by atoms with Gasteiger partial charge < -0.3 is 45.1 Å². The van der Waals surface area contributed by atoms with Crippen molar-refractivity contribution in [1.29, 1.82) is 0 Å². The number of halogens is 4. The fraction of sp³-hybridized carbons (Fsp3) is 0.283. The van der Waals surface area contributed by atoms with Gasteiger partial charge in [-0.3, -0.25) is 25.0 Å². The Labute approximate surface area is 457 Å². The summed E-state index contributed by atoms with van der Waals surface area (Å²) < 4.78 is 47.7. The van der Waals surface area contributed by atoms with Crippen LogP contribution < -0.4 is 50.3 Å². The zero-order valence-corrected chi connectivity index (χ0v) is 45.7. The van der Waals surface area contributed by atoms with Crippen molar-refractivity contribution in [3.05, 3.63) is 117 Å². The first-order valence-corrected chi connectivity index (χ1v) is 25.3. The molecule has 0 saturated carbocycles. The highest BCUT2D eigenvalue weighted by atomic mass is 35.5. The molecule has 30 heteroatoms. The number of carbonyl (C=O) groups excluding carboxylic acids is 3. The standard InChI is InChI=1S/C15H18N6O6S.C12H9ClN2O3.C11H11Cl2NO2.C8H14ClN5/c1-21(2)13(22)9-6-5-7-16-12(9)28(24,25)20-15(23)19-14-17-10(26-3)8-11(18-14)27-4;13-11-10(18-8-4-2-1-3-5-8)7-6-9(12(11)14)15(16)17;1-7-6-16-9-5-3-2-4-8(9)14(7)11(15)10(12)13;1-4-10-7-12-6(9)13-8(14-7)11-5(2)3/h5-8H,1-4H3,(H2,17,18,19,20,23);1-7H,14H2;2-5,7,10H,6H2,1H3;5H,4H2,1-3H3,(H2,10,11,12,13,14). The molecule has 1 unspecified atom stereocenters. The number of ether oxygens (including phenoxy) is 4. The quantitative estimate of drug-likeness (QED) is 0.0297. The van der Waals surface area contributed by atoms with E-state index in [4.69, 9.17) is 71.1 Å². The first kappa shape index (κ1) is 60.8. The minimum Gasteiger partial charge on any atom is -0.489 e. The number of amides is 4. The molecule has 1 aliphatic rings. The summed E-state index contributed by atoms with van der Waals surface area (Å²) >= 11 is 22.9. The molecule has 0 bridgehead atoms. The molecule has 1 aliphatic heterocycles. The second-order valence-electron chi connectivity index (χ2n) is 15.6. The van der Waals surface area contributed by atoms with E-state index in [9.17, 15) is 32.9 Å². The van der Waals surface area contributed by atoms with Crippen LogP contribution in [0.5, 0.6) is 29.0 Å². The smallest absolute Gasteiger partial charge is 0.335 e. The van der Waals surface area contributed by atoms with Gasteiger partial charge in [-0.15, -0.1) is 0 Å². The maximum Gasteiger partial charge on any atom is 0.335 e. The Morgan fingerprint density at radius 1 is 0.908 bits per heavy atom. The number of urea groups is 1. The minimum absolute atomic E-state index is 0.0352. The van der Waals surface area contributed by atoms with Crippen LogP contribution in [-0.2, 0) is 14.8 Å². The number of hydrogen-bond acceptors (Lipinski definition) is 20.